The fourth-order valence-electron chi connectivity index (χ4n) is 3.20. The Morgan fingerprint density at radius 1 is 1.35 bits per heavy atom. The molecule has 0 N–H and O–H groups in total. The summed E-state index contributed by atoms with van der Waals surface area (Å²) in [5.41, 5.74) is 3.81. The molecule has 7 heteroatoms. The number of hydrogen-bond acceptors (Lipinski definition) is 6. The van der Waals surface area contributed by atoms with E-state index in [0.29, 0.717) is 11.5 Å². The number of nitrogens with zero attached hydrogens (tertiary/aromatic N) is 4. The minimum absolute atomic E-state index is 0.285. The van der Waals surface area contributed by atoms with E-state index in [1.807, 2.05) is 31.4 Å². The van der Waals surface area contributed by atoms with Crippen LogP contribution >= 0.6 is 11.3 Å². The van der Waals surface area contributed by atoms with Crippen molar-refractivity contribution in [2.24, 2.45) is 7.05 Å². The van der Waals surface area contributed by atoms with E-state index in [1.165, 1.54) is 12.7 Å². The third kappa shape index (κ3) is 3.40. The van der Waals surface area contributed by atoms with Gasteiger partial charge in [-0.2, -0.15) is 5.10 Å². The molecule has 3 aromatic rings. The van der Waals surface area contributed by atoms with Gasteiger partial charge in [-0.05, 0) is 23.8 Å². The Hall–Kier alpha value is -2.51. The number of aryl methyl sites for hydroxylation is 1. The van der Waals surface area contributed by atoms with Crippen LogP contribution in [0.1, 0.15) is 27.5 Å². The van der Waals surface area contributed by atoms with Crippen molar-refractivity contribution >= 4 is 17.3 Å². The third-order valence-corrected chi connectivity index (χ3v) is 5.52. The molecule has 1 aromatic carbocycles. The Morgan fingerprint density at radius 2 is 2.19 bits per heavy atom. The number of hydrogen-bond donors (Lipinski definition) is 0. The number of carbonyl (C=O) groups is 1. The van der Waals surface area contributed by atoms with E-state index in [-0.39, 0.29) is 5.97 Å². The molecule has 2 aromatic heterocycles. The van der Waals surface area contributed by atoms with Crippen molar-refractivity contribution < 1.29 is 9.53 Å². The molecule has 0 unspecified atom stereocenters. The third-order valence-electron chi connectivity index (χ3n) is 4.61. The fraction of sp³-hybridized carbons (Fsp3) is 0.316. The van der Waals surface area contributed by atoms with Crippen LogP contribution in [0.3, 0.4) is 0 Å². The molecule has 1 aliphatic rings. The highest BCUT2D eigenvalue weighted by molar-refractivity contribution is 7.13. The molecule has 0 atom stereocenters. The van der Waals surface area contributed by atoms with Crippen molar-refractivity contribution in [1.29, 1.82) is 0 Å². The van der Waals surface area contributed by atoms with E-state index in [0.717, 1.165) is 36.0 Å². The molecule has 0 spiro atoms. The van der Waals surface area contributed by atoms with Crippen LogP contribution in [0, 0.1) is 0 Å². The molecule has 0 aliphatic carbocycles. The highest BCUT2D eigenvalue weighted by Crippen LogP contribution is 2.30. The number of thiazole rings is 1. The van der Waals surface area contributed by atoms with Gasteiger partial charge in [0.2, 0.25) is 0 Å². The molecule has 1 saturated heterocycles. The van der Waals surface area contributed by atoms with Crippen LogP contribution in [0.15, 0.2) is 41.9 Å². The van der Waals surface area contributed by atoms with E-state index >= 15 is 0 Å². The monoisotopic (exact) mass is 368 g/mol. The van der Waals surface area contributed by atoms with Gasteiger partial charge in [-0.3, -0.25) is 9.58 Å². The zero-order valence-electron chi connectivity index (χ0n) is 14.8. The van der Waals surface area contributed by atoms with Crippen LogP contribution in [-0.4, -0.2) is 45.8 Å². The number of carbonyl (C=O) groups excluding carboxylic acids is 1. The van der Waals surface area contributed by atoms with E-state index < -0.39 is 0 Å². The molecule has 3 heterocycles. The van der Waals surface area contributed by atoms with Crippen LogP contribution in [-0.2, 0) is 18.3 Å². The van der Waals surface area contributed by atoms with Gasteiger partial charge in [-0.1, -0.05) is 12.1 Å². The quantitative estimate of drug-likeness (QED) is 0.648. The predicted octanol–water partition coefficient (Wildman–Crippen LogP) is 2.93. The number of likely N-dealkylation sites (tertiary alicyclic amines) is 1. The summed E-state index contributed by atoms with van der Waals surface area (Å²) in [6.45, 7) is 2.79. The molecule has 1 fully saturated rings. The molecule has 4 rings (SSSR count). The lowest BCUT2D eigenvalue weighted by atomic mass is 9.90. The highest BCUT2D eigenvalue weighted by atomic mass is 32.1. The molecule has 134 valence electrons. The van der Waals surface area contributed by atoms with Crippen molar-refractivity contribution in [3.05, 3.63) is 58.7 Å². The summed E-state index contributed by atoms with van der Waals surface area (Å²) < 4.78 is 6.59. The van der Waals surface area contributed by atoms with Crippen molar-refractivity contribution in [3.8, 4) is 10.7 Å². The molecule has 0 saturated carbocycles. The molecule has 0 amide bonds. The molecular weight excluding hydrogens is 348 g/mol. The normalized spacial score (nSPS) is 15.0. The van der Waals surface area contributed by atoms with E-state index in [4.69, 9.17) is 9.72 Å². The summed E-state index contributed by atoms with van der Waals surface area (Å²) in [6, 6.07) is 9.72. The summed E-state index contributed by atoms with van der Waals surface area (Å²) in [5, 5.41) is 7.47. The van der Waals surface area contributed by atoms with Crippen LogP contribution < -0.4 is 0 Å². The minimum Gasteiger partial charge on any atom is -0.465 e. The second kappa shape index (κ2) is 7.01. The fourth-order valence-corrected chi connectivity index (χ4v) is 3.98. The number of benzene rings is 1. The van der Waals surface area contributed by atoms with Gasteiger partial charge < -0.3 is 4.74 Å². The maximum Gasteiger partial charge on any atom is 0.337 e. The number of aromatic nitrogens is 3. The number of esters is 1. The zero-order chi connectivity index (χ0) is 18.1. The first-order valence-corrected chi connectivity index (χ1v) is 9.35. The summed E-state index contributed by atoms with van der Waals surface area (Å²) in [7, 11) is 3.32. The average molecular weight is 368 g/mol. The Labute approximate surface area is 156 Å². The van der Waals surface area contributed by atoms with Gasteiger partial charge in [0, 0.05) is 44.2 Å². The second-order valence-electron chi connectivity index (χ2n) is 6.53. The summed E-state index contributed by atoms with van der Waals surface area (Å²) in [4.78, 5) is 18.7. The van der Waals surface area contributed by atoms with Crippen LogP contribution in [0.2, 0.25) is 0 Å². The first-order valence-electron chi connectivity index (χ1n) is 8.47. The molecule has 6 nitrogen and oxygen atoms in total. The molecule has 26 heavy (non-hydrogen) atoms. The van der Waals surface area contributed by atoms with Gasteiger partial charge in [-0.15, -0.1) is 11.3 Å². The Kier molecular flexibility index (Phi) is 4.57. The van der Waals surface area contributed by atoms with Gasteiger partial charge in [-0.25, -0.2) is 9.78 Å². The predicted molar refractivity (Wildman–Crippen MR) is 100 cm³/mol. The van der Waals surface area contributed by atoms with Crippen LogP contribution in [0.25, 0.3) is 10.7 Å². The van der Waals surface area contributed by atoms with Gasteiger partial charge in [0.05, 0.1) is 18.4 Å². The van der Waals surface area contributed by atoms with Gasteiger partial charge in [0.15, 0.2) is 0 Å². The van der Waals surface area contributed by atoms with Crippen molar-refractivity contribution in [2.75, 3.05) is 20.2 Å². The van der Waals surface area contributed by atoms with E-state index in [9.17, 15) is 4.79 Å². The summed E-state index contributed by atoms with van der Waals surface area (Å²) >= 11 is 1.63. The summed E-state index contributed by atoms with van der Waals surface area (Å²) in [5.74, 6) is 0.168. The molecule has 0 radical (unpaired) electrons. The van der Waals surface area contributed by atoms with Gasteiger partial charge in [0.25, 0.3) is 0 Å². The van der Waals surface area contributed by atoms with Crippen LogP contribution in [0.5, 0.6) is 0 Å². The Balaban J connectivity index is 1.36. The Morgan fingerprint density at radius 3 is 2.92 bits per heavy atom. The number of ether oxygens (including phenoxy) is 1. The smallest absolute Gasteiger partial charge is 0.337 e. The lowest BCUT2D eigenvalue weighted by Gasteiger charge is -2.39. The van der Waals surface area contributed by atoms with Crippen molar-refractivity contribution in [2.45, 2.75) is 12.5 Å². The van der Waals surface area contributed by atoms with Crippen molar-refractivity contribution in [3.63, 3.8) is 0 Å². The number of methoxy groups -OCH3 is 1. The Bertz CT molecular complexity index is 927. The first-order chi connectivity index (χ1) is 12.6. The second-order valence-corrected chi connectivity index (χ2v) is 7.38. The largest absolute Gasteiger partial charge is 0.465 e. The SMILES string of the molecule is COC(=O)c1cccc(C2CN(Cc3csc(-c4ccn(C)n4)n3)C2)c1. The first kappa shape index (κ1) is 16.9. The van der Waals surface area contributed by atoms with Gasteiger partial charge >= 0.3 is 5.97 Å². The lowest BCUT2D eigenvalue weighted by molar-refractivity contribution is 0.0600. The standard InChI is InChI=1S/C19H20N4O2S/c1-22-7-6-17(21-22)18-20-16(12-26-18)11-23-9-15(10-23)13-4-3-5-14(8-13)19(24)25-2/h3-8,12,15H,9-11H2,1-2H3. The average Bonchev–Trinajstić information content (AvgIpc) is 3.26. The lowest BCUT2D eigenvalue weighted by Crippen LogP contribution is -2.44. The maximum atomic E-state index is 11.7. The maximum absolute atomic E-state index is 11.7. The summed E-state index contributed by atoms with van der Waals surface area (Å²) in [6.07, 6.45) is 1.93. The highest BCUT2D eigenvalue weighted by Gasteiger charge is 2.29. The zero-order valence-corrected chi connectivity index (χ0v) is 15.6. The minimum atomic E-state index is -0.285. The van der Waals surface area contributed by atoms with Crippen LogP contribution in [0.4, 0.5) is 0 Å². The van der Waals surface area contributed by atoms with E-state index in [2.05, 4.69) is 21.4 Å². The van der Waals surface area contributed by atoms with E-state index in [1.54, 1.807) is 22.1 Å². The van der Waals surface area contributed by atoms with Gasteiger partial charge in [0.1, 0.15) is 10.7 Å². The van der Waals surface area contributed by atoms with Crippen molar-refractivity contribution in [1.82, 2.24) is 19.7 Å². The molecular formula is C19H20N4O2S. The molecule has 1 aliphatic heterocycles. The number of rotatable bonds is 5. The molecule has 0 bridgehead atoms. The topological polar surface area (TPSA) is 60.2 Å².